The van der Waals surface area contributed by atoms with Crippen LogP contribution in [0.4, 0.5) is 0 Å². The first-order valence-corrected chi connectivity index (χ1v) is 7.97. The summed E-state index contributed by atoms with van der Waals surface area (Å²) in [5, 5.41) is 0. The lowest BCUT2D eigenvalue weighted by Gasteiger charge is -2.25. The van der Waals surface area contributed by atoms with Crippen molar-refractivity contribution in [2.24, 2.45) is 5.73 Å². The lowest BCUT2D eigenvalue weighted by Crippen LogP contribution is -2.37. The van der Waals surface area contributed by atoms with Crippen molar-refractivity contribution in [1.82, 2.24) is 4.90 Å². The average molecular weight is 270 g/mol. The summed E-state index contributed by atoms with van der Waals surface area (Å²) >= 11 is 0. The van der Waals surface area contributed by atoms with Gasteiger partial charge in [0.15, 0.2) is 0 Å². The van der Waals surface area contributed by atoms with Crippen LogP contribution in [0, 0.1) is 0 Å². The summed E-state index contributed by atoms with van der Waals surface area (Å²) in [4.78, 5) is 14.3. The van der Waals surface area contributed by atoms with E-state index in [9.17, 15) is 4.79 Å². The first-order chi connectivity index (χ1) is 8.90. The highest BCUT2D eigenvalue weighted by Crippen LogP contribution is 2.11. The average Bonchev–Trinajstić information content (AvgIpc) is 2.33. The SMILES string of the molecule is CCCCCN(CCCCC)C(=O)CCC(C)(C)N. The molecular formula is C16H34N2O. The second-order valence-electron chi connectivity index (χ2n) is 6.28. The maximum Gasteiger partial charge on any atom is 0.222 e. The molecule has 0 saturated heterocycles. The lowest BCUT2D eigenvalue weighted by atomic mass is 9.99. The summed E-state index contributed by atoms with van der Waals surface area (Å²) in [6, 6.07) is 0. The minimum Gasteiger partial charge on any atom is -0.343 e. The van der Waals surface area contributed by atoms with Gasteiger partial charge in [-0.05, 0) is 33.1 Å². The van der Waals surface area contributed by atoms with E-state index in [1.807, 2.05) is 13.8 Å². The third-order valence-corrected chi connectivity index (χ3v) is 3.40. The Morgan fingerprint density at radius 2 is 1.47 bits per heavy atom. The van der Waals surface area contributed by atoms with Gasteiger partial charge in [-0.1, -0.05) is 39.5 Å². The molecule has 0 rings (SSSR count). The van der Waals surface area contributed by atoms with Crippen molar-refractivity contribution in [3.63, 3.8) is 0 Å². The fraction of sp³-hybridized carbons (Fsp3) is 0.938. The fourth-order valence-electron chi connectivity index (χ4n) is 2.05. The Bertz CT molecular complexity index is 223. The van der Waals surface area contributed by atoms with Crippen LogP contribution in [0.3, 0.4) is 0 Å². The largest absolute Gasteiger partial charge is 0.343 e. The highest BCUT2D eigenvalue weighted by molar-refractivity contribution is 5.76. The van der Waals surface area contributed by atoms with E-state index in [0.717, 1.165) is 32.4 Å². The van der Waals surface area contributed by atoms with E-state index >= 15 is 0 Å². The van der Waals surface area contributed by atoms with Crippen LogP contribution in [0.1, 0.15) is 79.1 Å². The predicted octanol–water partition coefficient (Wildman–Crippen LogP) is 3.71. The molecule has 1 amide bonds. The molecule has 0 fully saturated rings. The first-order valence-electron chi connectivity index (χ1n) is 7.97. The normalized spacial score (nSPS) is 11.6. The lowest BCUT2D eigenvalue weighted by molar-refractivity contribution is -0.131. The number of unbranched alkanes of at least 4 members (excludes halogenated alkanes) is 4. The van der Waals surface area contributed by atoms with Gasteiger partial charge in [-0.3, -0.25) is 4.79 Å². The van der Waals surface area contributed by atoms with Crippen LogP contribution in [-0.4, -0.2) is 29.4 Å². The maximum atomic E-state index is 12.2. The van der Waals surface area contributed by atoms with Crippen LogP contribution in [0.5, 0.6) is 0 Å². The van der Waals surface area contributed by atoms with Crippen molar-refractivity contribution in [2.75, 3.05) is 13.1 Å². The van der Waals surface area contributed by atoms with Crippen molar-refractivity contribution >= 4 is 5.91 Å². The van der Waals surface area contributed by atoms with Crippen LogP contribution in [-0.2, 0) is 4.79 Å². The van der Waals surface area contributed by atoms with E-state index < -0.39 is 0 Å². The molecule has 0 atom stereocenters. The summed E-state index contributed by atoms with van der Waals surface area (Å²) in [5.74, 6) is 0.283. The Kier molecular flexibility index (Phi) is 9.94. The molecule has 0 spiro atoms. The van der Waals surface area contributed by atoms with E-state index in [2.05, 4.69) is 18.7 Å². The van der Waals surface area contributed by atoms with Gasteiger partial charge in [0, 0.05) is 25.0 Å². The molecule has 2 N–H and O–H groups in total. The summed E-state index contributed by atoms with van der Waals surface area (Å²) in [5.41, 5.74) is 5.71. The van der Waals surface area contributed by atoms with E-state index in [4.69, 9.17) is 5.73 Å². The van der Waals surface area contributed by atoms with E-state index in [-0.39, 0.29) is 11.4 Å². The fourth-order valence-corrected chi connectivity index (χ4v) is 2.05. The molecule has 0 aliphatic heterocycles. The predicted molar refractivity (Wildman–Crippen MR) is 83.1 cm³/mol. The first kappa shape index (κ1) is 18.4. The number of carbonyl (C=O) groups is 1. The Balaban J connectivity index is 4.15. The third-order valence-electron chi connectivity index (χ3n) is 3.40. The molecule has 0 unspecified atom stereocenters. The van der Waals surface area contributed by atoms with Crippen molar-refractivity contribution in [3.8, 4) is 0 Å². The van der Waals surface area contributed by atoms with Crippen LogP contribution in [0.15, 0.2) is 0 Å². The van der Waals surface area contributed by atoms with Gasteiger partial charge in [0.1, 0.15) is 0 Å². The molecule has 0 aromatic heterocycles. The van der Waals surface area contributed by atoms with Crippen LogP contribution in [0.25, 0.3) is 0 Å². The minimum atomic E-state index is -0.242. The molecule has 3 nitrogen and oxygen atoms in total. The monoisotopic (exact) mass is 270 g/mol. The van der Waals surface area contributed by atoms with Gasteiger partial charge in [0.2, 0.25) is 5.91 Å². The molecule has 0 bridgehead atoms. The highest BCUT2D eigenvalue weighted by Gasteiger charge is 2.17. The van der Waals surface area contributed by atoms with Gasteiger partial charge >= 0.3 is 0 Å². The molecule has 19 heavy (non-hydrogen) atoms. The number of hydrogen-bond acceptors (Lipinski definition) is 2. The molecule has 0 heterocycles. The standard InChI is InChI=1S/C16H34N2O/c1-5-7-9-13-18(14-10-8-6-2)15(19)11-12-16(3,4)17/h5-14,17H2,1-4H3. The number of rotatable bonds is 11. The molecule has 114 valence electrons. The van der Waals surface area contributed by atoms with Crippen molar-refractivity contribution in [2.45, 2.75) is 84.6 Å². The molecule has 3 heteroatoms. The van der Waals surface area contributed by atoms with Crippen LogP contribution in [0.2, 0.25) is 0 Å². The van der Waals surface area contributed by atoms with Crippen molar-refractivity contribution in [3.05, 3.63) is 0 Å². The van der Waals surface area contributed by atoms with Gasteiger partial charge < -0.3 is 10.6 Å². The highest BCUT2D eigenvalue weighted by atomic mass is 16.2. The number of carbonyl (C=O) groups excluding carboxylic acids is 1. The summed E-state index contributed by atoms with van der Waals surface area (Å²) in [7, 11) is 0. The minimum absolute atomic E-state index is 0.242. The van der Waals surface area contributed by atoms with E-state index in [0.29, 0.717) is 6.42 Å². The summed E-state index contributed by atoms with van der Waals surface area (Å²) in [6.07, 6.45) is 8.42. The van der Waals surface area contributed by atoms with Crippen LogP contribution >= 0.6 is 0 Å². The molecule has 0 aliphatic carbocycles. The number of nitrogens with zero attached hydrogens (tertiary/aromatic N) is 1. The Morgan fingerprint density at radius 3 is 1.84 bits per heavy atom. The second-order valence-corrected chi connectivity index (χ2v) is 6.28. The Morgan fingerprint density at radius 1 is 1.00 bits per heavy atom. The Hall–Kier alpha value is -0.570. The zero-order valence-corrected chi connectivity index (χ0v) is 13.5. The van der Waals surface area contributed by atoms with Gasteiger partial charge in [-0.25, -0.2) is 0 Å². The Labute approximate surface area is 119 Å². The molecule has 0 radical (unpaired) electrons. The number of hydrogen-bond donors (Lipinski definition) is 1. The smallest absolute Gasteiger partial charge is 0.222 e. The van der Waals surface area contributed by atoms with Gasteiger partial charge in [-0.15, -0.1) is 0 Å². The molecule has 0 aromatic carbocycles. The van der Waals surface area contributed by atoms with Crippen molar-refractivity contribution in [1.29, 1.82) is 0 Å². The molecular weight excluding hydrogens is 236 g/mol. The van der Waals surface area contributed by atoms with Gasteiger partial charge in [0.25, 0.3) is 0 Å². The van der Waals surface area contributed by atoms with E-state index in [1.165, 1.54) is 25.7 Å². The molecule has 0 aromatic rings. The zero-order chi connectivity index (χ0) is 14.7. The number of nitrogens with two attached hydrogens (primary N) is 1. The van der Waals surface area contributed by atoms with Crippen molar-refractivity contribution < 1.29 is 4.79 Å². The van der Waals surface area contributed by atoms with Gasteiger partial charge in [-0.2, -0.15) is 0 Å². The second kappa shape index (κ2) is 10.2. The van der Waals surface area contributed by atoms with E-state index in [1.54, 1.807) is 0 Å². The van der Waals surface area contributed by atoms with Crippen LogP contribution < -0.4 is 5.73 Å². The molecule has 0 aliphatic rings. The molecule has 0 saturated carbocycles. The maximum absolute atomic E-state index is 12.2. The topological polar surface area (TPSA) is 46.3 Å². The quantitative estimate of drug-likeness (QED) is 0.582. The van der Waals surface area contributed by atoms with Gasteiger partial charge in [0.05, 0.1) is 0 Å². The summed E-state index contributed by atoms with van der Waals surface area (Å²) in [6.45, 7) is 10.2. The summed E-state index contributed by atoms with van der Waals surface area (Å²) < 4.78 is 0. The zero-order valence-electron chi connectivity index (χ0n) is 13.5. The number of amides is 1. The third kappa shape index (κ3) is 11.0.